The second-order valence-corrected chi connectivity index (χ2v) is 6.32. The zero-order valence-corrected chi connectivity index (χ0v) is 13.7. The Morgan fingerprint density at radius 1 is 1.45 bits per heavy atom. The van der Waals surface area contributed by atoms with Gasteiger partial charge in [0.05, 0.1) is 7.11 Å². The maximum absolute atomic E-state index is 11.7. The zero-order chi connectivity index (χ0) is 15.0. The third-order valence-electron chi connectivity index (χ3n) is 3.50. The second kappa shape index (κ2) is 8.32. The molecule has 1 unspecified atom stereocenters. The summed E-state index contributed by atoms with van der Waals surface area (Å²) in [6, 6.07) is 8.59. The minimum atomic E-state index is -0.571. The Kier molecular flexibility index (Phi) is 7.10. The number of carbonyl (C=O) groups excluding carboxylic acids is 1. The number of likely N-dealkylation sites (N-methyl/N-ethyl adjacent to an activating group) is 1. The summed E-state index contributed by atoms with van der Waals surface area (Å²) in [6.07, 6.45) is 1.78. The van der Waals surface area contributed by atoms with E-state index in [1.54, 1.807) is 7.05 Å². The molecule has 3 nitrogen and oxygen atoms in total. The van der Waals surface area contributed by atoms with Gasteiger partial charge in [-0.05, 0) is 45.1 Å². The summed E-state index contributed by atoms with van der Waals surface area (Å²) in [7, 11) is 3.24. The van der Waals surface area contributed by atoms with Crippen LogP contribution in [0, 0.1) is 6.92 Å². The number of methoxy groups -OCH3 is 1. The van der Waals surface area contributed by atoms with Gasteiger partial charge in [0, 0.05) is 5.75 Å². The van der Waals surface area contributed by atoms with Crippen LogP contribution in [-0.2, 0) is 15.3 Å². The summed E-state index contributed by atoms with van der Waals surface area (Å²) >= 11 is 1.91. The van der Waals surface area contributed by atoms with Crippen LogP contribution in [-0.4, -0.2) is 31.4 Å². The van der Waals surface area contributed by atoms with Crippen molar-refractivity contribution < 1.29 is 9.53 Å². The number of esters is 1. The lowest BCUT2D eigenvalue weighted by molar-refractivity contribution is -0.148. The van der Waals surface area contributed by atoms with Gasteiger partial charge in [-0.25, -0.2) is 0 Å². The molecule has 0 radical (unpaired) electrons. The van der Waals surface area contributed by atoms with Gasteiger partial charge in [0.2, 0.25) is 0 Å². The Morgan fingerprint density at radius 2 is 2.20 bits per heavy atom. The average molecular weight is 295 g/mol. The van der Waals surface area contributed by atoms with Gasteiger partial charge >= 0.3 is 5.97 Å². The molecule has 0 amide bonds. The molecule has 0 aliphatic heterocycles. The molecule has 1 atom stereocenters. The van der Waals surface area contributed by atoms with E-state index >= 15 is 0 Å². The summed E-state index contributed by atoms with van der Waals surface area (Å²) in [5.74, 6) is 1.88. The molecule has 0 aliphatic rings. The normalized spacial score (nSPS) is 13.8. The molecule has 0 spiro atoms. The van der Waals surface area contributed by atoms with E-state index in [1.165, 1.54) is 18.2 Å². The van der Waals surface area contributed by atoms with E-state index in [0.717, 1.165) is 24.3 Å². The first-order valence-electron chi connectivity index (χ1n) is 6.92. The molecule has 0 aromatic heterocycles. The fraction of sp³-hybridized carbons (Fsp3) is 0.562. The monoisotopic (exact) mass is 295 g/mol. The van der Waals surface area contributed by atoms with Crippen molar-refractivity contribution in [1.29, 1.82) is 0 Å². The Morgan fingerprint density at radius 3 is 2.80 bits per heavy atom. The van der Waals surface area contributed by atoms with E-state index in [1.807, 2.05) is 18.7 Å². The van der Waals surface area contributed by atoms with Crippen molar-refractivity contribution in [2.75, 3.05) is 19.9 Å². The van der Waals surface area contributed by atoms with E-state index < -0.39 is 5.54 Å². The van der Waals surface area contributed by atoms with Gasteiger partial charge in [-0.2, -0.15) is 11.8 Å². The van der Waals surface area contributed by atoms with Gasteiger partial charge in [-0.1, -0.05) is 29.8 Å². The quantitative estimate of drug-likeness (QED) is 0.590. The first kappa shape index (κ1) is 17.1. The lowest BCUT2D eigenvalue weighted by Crippen LogP contribution is -2.48. The van der Waals surface area contributed by atoms with Gasteiger partial charge in [-0.15, -0.1) is 0 Å². The van der Waals surface area contributed by atoms with Crippen molar-refractivity contribution in [3.05, 3.63) is 35.4 Å². The Labute approximate surface area is 126 Å². The molecule has 1 N–H and O–H groups in total. The Bertz CT molecular complexity index is 436. The van der Waals surface area contributed by atoms with Crippen LogP contribution in [0.5, 0.6) is 0 Å². The topological polar surface area (TPSA) is 38.3 Å². The highest BCUT2D eigenvalue weighted by Crippen LogP contribution is 2.19. The minimum absolute atomic E-state index is 0.191. The molecule has 1 aromatic rings. The summed E-state index contributed by atoms with van der Waals surface area (Å²) in [4.78, 5) is 11.7. The largest absolute Gasteiger partial charge is 0.468 e. The Hall–Kier alpha value is -1.00. The van der Waals surface area contributed by atoms with Crippen LogP contribution >= 0.6 is 11.8 Å². The van der Waals surface area contributed by atoms with Crippen LogP contribution in [0.1, 0.15) is 30.9 Å². The van der Waals surface area contributed by atoms with Crippen LogP contribution in [0.2, 0.25) is 0 Å². The van der Waals surface area contributed by atoms with E-state index in [2.05, 4.69) is 36.5 Å². The summed E-state index contributed by atoms with van der Waals surface area (Å²) < 4.78 is 4.84. The molecule has 0 heterocycles. The van der Waals surface area contributed by atoms with Crippen molar-refractivity contribution in [3.63, 3.8) is 0 Å². The van der Waals surface area contributed by atoms with E-state index in [9.17, 15) is 4.79 Å². The van der Waals surface area contributed by atoms with E-state index in [4.69, 9.17) is 4.74 Å². The van der Waals surface area contributed by atoms with Crippen LogP contribution in [0.15, 0.2) is 24.3 Å². The molecule has 4 heteroatoms. The molecule has 0 saturated carbocycles. The number of rotatable bonds is 8. The third kappa shape index (κ3) is 5.17. The van der Waals surface area contributed by atoms with Gasteiger partial charge < -0.3 is 10.1 Å². The molecule has 0 saturated heterocycles. The standard InChI is InChI=1S/C16H25NO2S/c1-13-7-5-8-14(11-13)12-20-10-6-9-16(2,17-3)15(18)19-4/h5,7-8,11,17H,6,9-10,12H2,1-4H3. The summed E-state index contributed by atoms with van der Waals surface area (Å²) in [5, 5.41) is 3.06. The zero-order valence-electron chi connectivity index (χ0n) is 12.9. The number of hydrogen-bond donors (Lipinski definition) is 1. The van der Waals surface area contributed by atoms with Gasteiger partial charge in [0.1, 0.15) is 5.54 Å². The molecule has 0 aliphatic carbocycles. The lowest BCUT2D eigenvalue weighted by atomic mass is 9.97. The first-order chi connectivity index (χ1) is 9.51. The summed E-state index contributed by atoms with van der Waals surface area (Å²) in [6.45, 7) is 4.01. The number of thioether (sulfide) groups is 1. The van der Waals surface area contributed by atoms with Crippen molar-refractivity contribution in [2.45, 2.75) is 38.0 Å². The van der Waals surface area contributed by atoms with Gasteiger partial charge in [0.25, 0.3) is 0 Å². The van der Waals surface area contributed by atoms with Crippen LogP contribution in [0.4, 0.5) is 0 Å². The highest BCUT2D eigenvalue weighted by Gasteiger charge is 2.31. The van der Waals surface area contributed by atoms with Gasteiger partial charge in [-0.3, -0.25) is 4.79 Å². The predicted molar refractivity (Wildman–Crippen MR) is 86.1 cm³/mol. The van der Waals surface area contributed by atoms with Crippen LogP contribution in [0.3, 0.4) is 0 Å². The maximum Gasteiger partial charge on any atom is 0.325 e. The summed E-state index contributed by atoms with van der Waals surface area (Å²) in [5.41, 5.74) is 2.09. The van der Waals surface area contributed by atoms with Crippen molar-refractivity contribution in [1.82, 2.24) is 5.32 Å². The minimum Gasteiger partial charge on any atom is -0.468 e. The molecule has 1 rings (SSSR count). The SMILES string of the molecule is CNC(C)(CCCSCc1cccc(C)c1)C(=O)OC. The van der Waals surface area contributed by atoms with Crippen LogP contribution in [0.25, 0.3) is 0 Å². The molecule has 0 fully saturated rings. The van der Waals surface area contributed by atoms with Crippen molar-refractivity contribution in [3.8, 4) is 0 Å². The smallest absolute Gasteiger partial charge is 0.325 e. The van der Waals surface area contributed by atoms with Crippen molar-refractivity contribution in [2.24, 2.45) is 0 Å². The highest BCUT2D eigenvalue weighted by atomic mass is 32.2. The predicted octanol–water partition coefficient (Wildman–Crippen LogP) is 3.16. The first-order valence-corrected chi connectivity index (χ1v) is 8.08. The molecule has 112 valence electrons. The second-order valence-electron chi connectivity index (χ2n) is 5.22. The van der Waals surface area contributed by atoms with Gasteiger partial charge in [0.15, 0.2) is 0 Å². The number of carbonyl (C=O) groups is 1. The third-order valence-corrected chi connectivity index (χ3v) is 4.62. The van der Waals surface area contributed by atoms with E-state index in [0.29, 0.717) is 0 Å². The lowest BCUT2D eigenvalue weighted by Gasteiger charge is -2.25. The molecule has 1 aromatic carbocycles. The number of nitrogens with one attached hydrogen (secondary N) is 1. The highest BCUT2D eigenvalue weighted by molar-refractivity contribution is 7.98. The number of ether oxygens (including phenoxy) is 1. The molecular weight excluding hydrogens is 270 g/mol. The number of benzene rings is 1. The fourth-order valence-corrected chi connectivity index (χ4v) is 2.98. The van der Waals surface area contributed by atoms with E-state index in [-0.39, 0.29) is 5.97 Å². The average Bonchev–Trinajstić information content (AvgIpc) is 2.45. The van der Waals surface area contributed by atoms with Crippen molar-refractivity contribution >= 4 is 17.7 Å². The Balaban J connectivity index is 2.29. The number of aryl methyl sites for hydroxylation is 1. The maximum atomic E-state index is 11.7. The molecular formula is C16H25NO2S. The van der Waals surface area contributed by atoms with Crippen LogP contribution < -0.4 is 5.32 Å². The molecule has 20 heavy (non-hydrogen) atoms. The number of hydrogen-bond acceptors (Lipinski definition) is 4. The molecule has 0 bridgehead atoms. The fourth-order valence-electron chi connectivity index (χ4n) is 2.07.